The van der Waals surface area contributed by atoms with Gasteiger partial charge in [-0.15, -0.1) is 0 Å². The van der Waals surface area contributed by atoms with Crippen LogP contribution in [-0.4, -0.2) is 19.3 Å². The predicted molar refractivity (Wildman–Crippen MR) is 51.2 cm³/mol. The molecule has 0 nitrogen and oxygen atoms in total. The van der Waals surface area contributed by atoms with Gasteiger partial charge in [0.2, 0.25) is 0 Å². The summed E-state index contributed by atoms with van der Waals surface area (Å²) in [6, 6.07) is 6.57. The van der Waals surface area contributed by atoms with Gasteiger partial charge in [0, 0.05) is 0 Å². The highest BCUT2D eigenvalue weighted by molar-refractivity contribution is 6.93. The molecule has 11 heavy (non-hydrogen) atoms. The number of hydrogen-bond donors (Lipinski definition) is 0. The fourth-order valence-corrected chi connectivity index (χ4v) is 2.60. The molecule has 56 valence electrons. The Hall–Kier alpha value is 0.276. The molecule has 0 saturated heterocycles. The molecule has 0 spiro atoms. The van der Waals surface area contributed by atoms with E-state index in [0.717, 1.165) is 4.55 Å². The van der Waals surface area contributed by atoms with Gasteiger partial charge in [0.05, 0.1) is 0 Å². The monoisotopic (exact) mass is 178 g/mol. The van der Waals surface area contributed by atoms with Gasteiger partial charge in [-0.1, -0.05) is 33.9 Å². The van der Waals surface area contributed by atoms with Crippen LogP contribution in [0.1, 0.15) is 16.7 Å². The lowest BCUT2D eigenvalue weighted by Crippen LogP contribution is -1.92. The molecule has 0 amide bonds. The van der Waals surface area contributed by atoms with Crippen LogP contribution in [0.15, 0.2) is 18.2 Å². The van der Waals surface area contributed by atoms with Gasteiger partial charge in [-0.3, -0.25) is 0 Å². The molecule has 0 radical (unpaired) electrons. The lowest BCUT2D eigenvalue weighted by atomic mass is 10.1. The fourth-order valence-electron chi connectivity index (χ4n) is 1.23. The van der Waals surface area contributed by atoms with Crippen molar-refractivity contribution in [1.82, 2.24) is 0 Å². The maximum Gasteiger partial charge on any atom is 0.505 e. The molecule has 0 unspecified atom stereocenters. The van der Waals surface area contributed by atoms with E-state index in [1.54, 1.807) is 0 Å². The van der Waals surface area contributed by atoms with E-state index in [4.69, 9.17) is 9.07 Å². The molecule has 0 atom stereocenters. The summed E-state index contributed by atoms with van der Waals surface area (Å²) in [5, 5.41) is 0. The first kappa shape index (κ1) is 9.36. The van der Waals surface area contributed by atoms with Crippen molar-refractivity contribution in [2.75, 3.05) is 0 Å². The molecule has 0 aliphatic rings. The molecule has 0 aliphatic heterocycles. The number of halogens is 1. The molecule has 1 rings (SSSR count). The maximum atomic E-state index is 5.79. The largest absolute Gasteiger partial charge is 0.505 e. The van der Waals surface area contributed by atoms with Gasteiger partial charge >= 0.3 is 19.3 Å². The molecule has 0 heterocycles. The summed E-state index contributed by atoms with van der Waals surface area (Å²) in [5.74, 6) is 0. The van der Waals surface area contributed by atoms with Gasteiger partial charge in [0.25, 0.3) is 0 Å². The van der Waals surface area contributed by atoms with E-state index in [1.807, 2.05) is 0 Å². The Morgan fingerprint density at radius 1 is 1.36 bits per heavy atom. The van der Waals surface area contributed by atoms with Crippen molar-refractivity contribution in [3.8, 4) is 0 Å². The standard InChI is InChI=1S/C9H11.ClH.Mg/c1-7-4-5-8(2)9(3)6-7;;/h4-6H,2H2,1,3H3;1H;/q;;+1/p-1. The maximum absolute atomic E-state index is 5.79. The lowest BCUT2D eigenvalue weighted by Gasteiger charge is -2.03. The van der Waals surface area contributed by atoms with Crippen LogP contribution in [0.25, 0.3) is 0 Å². The lowest BCUT2D eigenvalue weighted by molar-refractivity contribution is 1.27. The minimum atomic E-state index is -0.346. The molecule has 1 aromatic carbocycles. The SMILES string of the molecule is Cc1ccc([CH2][Mg][Cl])c(C)c1. The van der Waals surface area contributed by atoms with Gasteiger partial charge in [-0.2, -0.15) is 0 Å². The second-order valence-corrected chi connectivity index (χ2v) is 4.88. The minimum Gasteiger partial charge on any atom is -0.345 e. The van der Waals surface area contributed by atoms with Crippen LogP contribution < -0.4 is 0 Å². The first-order valence-corrected chi connectivity index (χ1v) is 7.00. The zero-order valence-corrected chi connectivity index (χ0v) is 9.19. The first-order chi connectivity index (χ1) is 5.24. The van der Waals surface area contributed by atoms with Gasteiger partial charge in [-0.05, 0) is 19.4 Å². The Balaban J connectivity index is 2.90. The summed E-state index contributed by atoms with van der Waals surface area (Å²) in [7, 11) is 5.79. The van der Waals surface area contributed by atoms with Crippen molar-refractivity contribution in [2.45, 2.75) is 18.4 Å². The molecule has 1 aromatic rings. The highest BCUT2D eigenvalue weighted by Gasteiger charge is 1.98. The number of benzene rings is 1. The van der Waals surface area contributed by atoms with Crippen LogP contribution in [-0.2, 0) is 4.55 Å². The normalized spacial score (nSPS) is 9.36. The summed E-state index contributed by atoms with van der Waals surface area (Å²) in [6.45, 7) is 4.28. The van der Waals surface area contributed by atoms with E-state index in [-0.39, 0.29) is 19.3 Å². The average molecular weight is 179 g/mol. The molecule has 0 fully saturated rings. The molecule has 0 N–H and O–H groups in total. The third-order valence-electron chi connectivity index (χ3n) is 1.86. The van der Waals surface area contributed by atoms with Crippen molar-refractivity contribution in [3.05, 3.63) is 34.9 Å². The second-order valence-electron chi connectivity index (χ2n) is 2.87. The smallest absolute Gasteiger partial charge is 0.345 e. The fraction of sp³-hybridized carbons (Fsp3) is 0.333. The quantitative estimate of drug-likeness (QED) is 0.612. The number of aryl methyl sites for hydroxylation is 2. The zero-order valence-electron chi connectivity index (χ0n) is 7.02. The molecule has 0 saturated carbocycles. The Morgan fingerprint density at radius 3 is 2.64 bits per heavy atom. The van der Waals surface area contributed by atoms with Crippen LogP contribution >= 0.6 is 9.07 Å². The Morgan fingerprint density at radius 2 is 2.09 bits per heavy atom. The first-order valence-electron chi connectivity index (χ1n) is 3.86. The predicted octanol–water partition coefficient (Wildman–Crippen LogP) is 2.66. The summed E-state index contributed by atoms with van der Waals surface area (Å²) in [5.41, 5.74) is 4.15. The third kappa shape index (κ3) is 2.66. The van der Waals surface area contributed by atoms with E-state index in [0.29, 0.717) is 0 Å². The van der Waals surface area contributed by atoms with E-state index in [1.165, 1.54) is 16.7 Å². The molecular weight excluding hydrogens is 168 g/mol. The Kier molecular flexibility index (Phi) is 3.69. The average Bonchev–Trinajstić information content (AvgIpc) is 1.95. The highest BCUT2D eigenvalue weighted by atomic mass is 35.5. The van der Waals surface area contributed by atoms with Crippen LogP contribution in [0.3, 0.4) is 0 Å². The summed E-state index contributed by atoms with van der Waals surface area (Å²) in [6.07, 6.45) is 0. The van der Waals surface area contributed by atoms with Crippen molar-refractivity contribution in [1.29, 1.82) is 0 Å². The van der Waals surface area contributed by atoms with E-state index >= 15 is 0 Å². The van der Waals surface area contributed by atoms with Crippen molar-refractivity contribution < 1.29 is 0 Å². The highest BCUT2D eigenvalue weighted by Crippen LogP contribution is 2.10. The van der Waals surface area contributed by atoms with Crippen LogP contribution in [0.5, 0.6) is 0 Å². The molecule has 0 aliphatic carbocycles. The van der Waals surface area contributed by atoms with E-state index in [9.17, 15) is 0 Å². The molecular formula is C9H11ClMg. The van der Waals surface area contributed by atoms with Crippen LogP contribution in [0.4, 0.5) is 0 Å². The summed E-state index contributed by atoms with van der Waals surface area (Å²) >= 11 is -0.346. The molecule has 0 aromatic heterocycles. The van der Waals surface area contributed by atoms with Crippen LogP contribution in [0.2, 0.25) is 0 Å². The van der Waals surface area contributed by atoms with Crippen LogP contribution in [0, 0.1) is 13.8 Å². The van der Waals surface area contributed by atoms with Crippen molar-refractivity contribution in [2.24, 2.45) is 0 Å². The molecule has 0 bridgehead atoms. The molecule has 2 heteroatoms. The topological polar surface area (TPSA) is 0 Å². The van der Waals surface area contributed by atoms with E-state index in [2.05, 4.69) is 32.0 Å². The van der Waals surface area contributed by atoms with Crippen molar-refractivity contribution in [3.63, 3.8) is 0 Å². The van der Waals surface area contributed by atoms with Gasteiger partial charge in [0.1, 0.15) is 0 Å². The van der Waals surface area contributed by atoms with Gasteiger partial charge < -0.3 is 9.07 Å². The van der Waals surface area contributed by atoms with Crippen molar-refractivity contribution >= 4 is 28.3 Å². The van der Waals surface area contributed by atoms with E-state index < -0.39 is 0 Å². The number of hydrogen-bond acceptors (Lipinski definition) is 0. The second kappa shape index (κ2) is 4.34. The minimum absolute atomic E-state index is 0.346. The zero-order chi connectivity index (χ0) is 8.27. The third-order valence-corrected chi connectivity index (χ3v) is 3.16. The number of rotatable bonds is 2. The van der Waals surface area contributed by atoms with Gasteiger partial charge in [0.15, 0.2) is 0 Å². The Labute approximate surface area is 81.5 Å². The summed E-state index contributed by atoms with van der Waals surface area (Å²) in [4.78, 5) is 0. The van der Waals surface area contributed by atoms with Gasteiger partial charge in [-0.25, -0.2) is 0 Å². The Bertz CT molecular complexity index is 245. The summed E-state index contributed by atoms with van der Waals surface area (Å²) < 4.78 is 1.12.